The number of methoxy groups -OCH3 is 1. The van der Waals surface area contributed by atoms with Gasteiger partial charge in [-0.3, -0.25) is 0 Å². The molecule has 1 aromatic carbocycles. The van der Waals surface area contributed by atoms with Gasteiger partial charge in [-0.05, 0) is 24.6 Å². The third-order valence-electron chi connectivity index (χ3n) is 2.39. The number of nitrogens with one attached hydrogen (secondary N) is 1. The molecule has 0 saturated carbocycles. The predicted octanol–water partition coefficient (Wildman–Crippen LogP) is 4.18. The van der Waals surface area contributed by atoms with E-state index in [1.807, 2.05) is 6.92 Å². The molecule has 0 aliphatic carbocycles. The second kappa shape index (κ2) is 7.00. The summed E-state index contributed by atoms with van der Waals surface area (Å²) in [5.74, 6) is -0.267. The minimum absolute atomic E-state index is 0.0817. The number of anilines is 1. The van der Waals surface area contributed by atoms with Crippen molar-refractivity contribution in [2.45, 2.75) is 25.7 Å². The van der Waals surface area contributed by atoms with Gasteiger partial charge in [0.25, 0.3) is 0 Å². The molecule has 0 spiro atoms. The Morgan fingerprint density at radius 2 is 2.05 bits per heavy atom. The Hall–Kier alpha value is -0.950. The fraction of sp³-hybridized carbons (Fsp3) is 0.500. The molecule has 1 atom stereocenters. The molecular formula is C12H15BrF3NO2. The van der Waals surface area contributed by atoms with E-state index in [-0.39, 0.29) is 17.5 Å². The van der Waals surface area contributed by atoms with Gasteiger partial charge in [0.2, 0.25) is 0 Å². The van der Waals surface area contributed by atoms with Crippen molar-refractivity contribution in [2.24, 2.45) is 0 Å². The van der Waals surface area contributed by atoms with Crippen molar-refractivity contribution < 1.29 is 22.6 Å². The Labute approximate surface area is 118 Å². The normalized spacial score (nSPS) is 13.2. The van der Waals surface area contributed by atoms with Crippen LogP contribution >= 0.6 is 15.9 Å². The third kappa shape index (κ3) is 5.69. The van der Waals surface area contributed by atoms with Crippen LogP contribution in [-0.2, 0) is 4.74 Å². The van der Waals surface area contributed by atoms with E-state index in [4.69, 9.17) is 4.74 Å². The van der Waals surface area contributed by atoms with E-state index in [9.17, 15) is 13.2 Å². The number of halogens is 4. The average molecular weight is 342 g/mol. The molecule has 0 aliphatic heterocycles. The van der Waals surface area contributed by atoms with Gasteiger partial charge in [-0.25, -0.2) is 0 Å². The van der Waals surface area contributed by atoms with Crippen LogP contribution < -0.4 is 10.1 Å². The SMILES string of the molecule is CCC(COC)Nc1ccc(Br)cc1OC(F)(F)F. The fourth-order valence-corrected chi connectivity index (χ4v) is 1.85. The van der Waals surface area contributed by atoms with Crippen molar-refractivity contribution in [3.05, 3.63) is 22.7 Å². The van der Waals surface area contributed by atoms with Crippen molar-refractivity contribution in [1.29, 1.82) is 0 Å². The number of rotatable bonds is 6. The van der Waals surface area contributed by atoms with Crippen LogP contribution in [0.4, 0.5) is 18.9 Å². The minimum Gasteiger partial charge on any atom is -0.404 e. The van der Waals surface area contributed by atoms with E-state index >= 15 is 0 Å². The number of hydrogen-bond acceptors (Lipinski definition) is 3. The topological polar surface area (TPSA) is 30.5 Å². The molecule has 0 radical (unpaired) electrons. The van der Waals surface area contributed by atoms with Gasteiger partial charge in [-0.2, -0.15) is 0 Å². The van der Waals surface area contributed by atoms with Gasteiger partial charge in [-0.15, -0.1) is 13.2 Å². The quantitative estimate of drug-likeness (QED) is 0.841. The third-order valence-corrected chi connectivity index (χ3v) is 2.88. The van der Waals surface area contributed by atoms with Gasteiger partial charge in [0.05, 0.1) is 12.3 Å². The molecular weight excluding hydrogens is 327 g/mol. The Morgan fingerprint density at radius 1 is 1.37 bits per heavy atom. The molecule has 0 amide bonds. The number of alkyl halides is 3. The Bertz CT molecular complexity index is 412. The number of ether oxygens (including phenoxy) is 2. The summed E-state index contributed by atoms with van der Waals surface area (Å²) in [6.07, 6.45) is -4.00. The van der Waals surface area contributed by atoms with Crippen LogP contribution in [0.25, 0.3) is 0 Å². The molecule has 0 aromatic heterocycles. The van der Waals surface area contributed by atoms with Crippen molar-refractivity contribution in [2.75, 3.05) is 19.0 Å². The lowest BCUT2D eigenvalue weighted by Gasteiger charge is -2.20. The molecule has 1 aromatic rings. The van der Waals surface area contributed by atoms with Crippen LogP contribution in [0.3, 0.4) is 0 Å². The first kappa shape index (κ1) is 16.1. The van der Waals surface area contributed by atoms with Gasteiger partial charge in [0.1, 0.15) is 0 Å². The Balaban J connectivity index is 2.92. The molecule has 1 rings (SSSR count). The highest BCUT2D eigenvalue weighted by molar-refractivity contribution is 9.10. The lowest BCUT2D eigenvalue weighted by molar-refractivity contribution is -0.274. The first-order valence-corrected chi connectivity index (χ1v) is 6.45. The van der Waals surface area contributed by atoms with Crippen molar-refractivity contribution in [3.8, 4) is 5.75 Å². The second-order valence-electron chi connectivity index (χ2n) is 3.89. The first-order chi connectivity index (χ1) is 8.85. The predicted molar refractivity (Wildman–Crippen MR) is 70.4 cm³/mol. The van der Waals surface area contributed by atoms with Gasteiger partial charge in [0, 0.05) is 17.6 Å². The van der Waals surface area contributed by atoms with Gasteiger partial charge >= 0.3 is 6.36 Å². The smallest absolute Gasteiger partial charge is 0.404 e. The summed E-state index contributed by atoms with van der Waals surface area (Å²) >= 11 is 3.12. The summed E-state index contributed by atoms with van der Waals surface area (Å²) in [6, 6.07) is 4.37. The highest BCUT2D eigenvalue weighted by atomic mass is 79.9. The van der Waals surface area contributed by atoms with E-state index < -0.39 is 6.36 Å². The molecule has 0 heterocycles. The van der Waals surface area contributed by atoms with Gasteiger partial charge in [0.15, 0.2) is 5.75 Å². The monoisotopic (exact) mass is 341 g/mol. The molecule has 7 heteroatoms. The summed E-state index contributed by atoms with van der Waals surface area (Å²) in [6.45, 7) is 2.32. The summed E-state index contributed by atoms with van der Waals surface area (Å²) in [5.41, 5.74) is 0.282. The minimum atomic E-state index is -4.72. The van der Waals surface area contributed by atoms with Crippen LogP contribution in [-0.4, -0.2) is 26.1 Å². The maximum Gasteiger partial charge on any atom is 0.573 e. The zero-order valence-corrected chi connectivity index (χ0v) is 12.1. The lowest BCUT2D eigenvalue weighted by Crippen LogP contribution is -2.25. The molecule has 1 unspecified atom stereocenters. The maximum atomic E-state index is 12.3. The van der Waals surface area contributed by atoms with Crippen LogP contribution in [0.2, 0.25) is 0 Å². The van der Waals surface area contributed by atoms with Crippen molar-refractivity contribution in [3.63, 3.8) is 0 Å². The maximum absolute atomic E-state index is 12.3. The first-order valence-electron chi connectivity index (χ1n) is 5.66. The zero-order chi connectivity index (χ0) is 14.5. The standard InChI is InChI=1S/C12H15BrF3NO2/c1-3-9(7-18-2)17-10-5-4-8(13)6-11(10)19-12(14,15)16/h4-6,9,17H,3,7H2,1-2H3. The molecule has 0 bridgehead atoms. The highest BCUT2D eigenvalue weighted by Crippen LogP contribution is 2.33. The summed E-state index contributed by atoms with van der Waals surface area (Å²) < 4.78 is 46.5. The summed E-state index contributed by atoms with van der Waals surface area (Å²) in [7, 11) is 1.54. The van der Waals surface area contributed by atoms with E-state index in [0.717, 1.165) is 6.42 Å². The zero-order valence-electron chi connectivity index (χ0n) is 10.6. The van der Waals surface area contributed by atoms with Crippen molar-refractivity contribution >= 4 is 21.6 Å². The largest absolute Gasteiger partial charge is 0.573 e. The van der Waals surface area contributed by atoms with E-state index in [0.29, 0.717) is 11.1 Å². The van der Waals surface area contributed by atoms with E-state index in [1.54, 1.807) is 13.2 Å². The molecule has 0 saturated heterocycles. The number of hydrogen-bond donors (Lipinski definition) is 1. The van der Waals surface area contributed by atoms with Crippen molar-refractivity contribution in [1.82, 2.24) is 0 Å². The highest BCUT2D eigenvalue weighted by Gasteiger charge is 2.32. The van der Waals surface area contributed by atoms with Crippen LogP contribution in [0.15, 0.2) is 22.7 Å². The molecule has 3 nitrogen and oxygen atoms in total. The molecule has 0 fully saturated rings. The Kier molecular flexibility index (Phi) is 5.93. The molecule has 19 heavy (non-hydrogen) atoms. The van der Waals surface area contributed by atoms with Gasteiger partial charge < -0.3 is 14.8 Å². The van der Waals surface area contributed by atoms with E-state index in [1.165, 1.54) is 12.1 Å². The average Bonchev–Trinajstić information content (AvgIpc) is 2.29. The molecule has 0 aliphatic rings. The summed E-state index contributed by atoms with van der Waals surface area (Å²) in [4.78, 5) is 0. The molecule has 1 N–H and O–H groups in total. The van der Waals surface area contributed by atoms with Crippen LogP contribution in [0, 0.1) is 0 Å². The van der Waals surface area contributed by atoms with Gasteiger partial charge in [-0.1, -0.05) is 22.9 Å². The van der Waals surface area contributed by atoms with E-state index in [2.05, 4.69) is 26.0 Å². The lowest BCUT2D eigenvalue weighted by atomic mass is 10.2. The van der Waals surface area contributed by atoms with Crippen LogP contribution in [0.5, 0.6) is 5.75 Å². The second-order valence-corrected chi connectivity index (χ2v) is 4.81. The Morgan fingerprint density at radius 3 is 2.58 bits per heavy atom. The van der Waals surface area contributed by atoms with Crippen LogP contribution in [0.1, 0.15) is 13.3 Å². The number of benzene rings is 1. The fourth-order valence-electron chi connectivity index (χ4n) is 1.51. The molecule has 108 valence electrons. The summed E-state index contributed by atoms with van der Waals surface area (Å²) in [5, 5.41) is 2.98.